The molecule has 0 spiro atoms. The summed E-state index contributed by atoms with van der Waals surface area (Å²) in [7, 11) is 0. The molecule has 1 aromatic heterocycles. The highest BCUT2D eigenvalue weighted by Crippen LogP contribution is 2.14. The zero-order valence-corrected chi connectivity index (χ0v) is 9.89. The van der Waals surface area contributed by atoms with Gasteiger partial charge in [-0.2, -0.15) is 5.10 Å². The number of benzene rings is 1. The normalized spacial score (nSPS) is 12.7. The first-order chi connectivity index (χ1) is 8.06. The summed E-state index contributed by atoms with van der Waals surface area (Å²) >= 11 is 0. The van der Waals surface area contributed by atoms with Gasteiger partial charge in [-0.05, 0) is 31.5 Å². The van der Waals surface area contributed by atoms with Crippen LogP contribution in [0.1, 0.15) is 23.3 Å². The maximum Gasteiger partial charge on any atom is 0.147 e. The van der Waals surface area contributed by atoms with Crippen LogP contribution in [-0.2, 0) is 6.54 Å². The zero-order valence-electron chi connectivity index (χ0n) is 9.89. The summed E-state index contributed by atoms with van der Waals surface area (Å²) in [5.74, 6) is 1.26. The molecule has 4 nitrogen and oxygen atoms in total. The predicted molar refractivity (Wildman–Crippen MR) is 62.8 cm³/mol. The zero-order chi connectivity index (χ0) is 12.4. The molecule has 17 heavy (non-hydrogen) atoms. The van der Waals surface area contributed by atoms with E-state index in [2.05, 4.69) is 10.1 Å². The minimum absolute atomic E-state index is 0.274. The molecule has 5 heteroatoms. The van der Waals surface area contributed by atoms with Gasteiger partial charge in [0.05, 0.1) is 6.54 Å². The van der Waals surface area contributed by atoms with Gasteiger partial charge in [0.1, 0.15) is 17.5 Å². The average molecular weight is 234 g/mol. The number of halogens is 1. The van der Waals surface area contributed by atoms with Crippen LogP contribution in [0.15, 0.2) is 24.3 Å². The first kappa shape index (κ1) is 11.7. The highest BCUT2D eigenvalue weighted by Gasteiger charge is 2.10. The maximum absolute atomic E-state index is 13.1. The van der Waals surface area contributed by atoms with E-state index in [1.807, 2.05) is 19.9 Å². The van der Waals surface area contributed by atoms with E-state index in [0.29, 0.717) is 12.4 Å². The van der Waals surface area contributed by atoms with Gasteiger partial charge in [0.2, 0.25) is 0 Å². The van der Waals surface area contributed by atoms with E-state index in [-0.39, 0.29) is 11.9 Å². The molecule has 0 fully saturated rings. The van der Waals surface area contributed by atoms with Crippen molar-refractivity contribution in [2.75, 3.05) is 0 Å². The summed E-state index contributed by atoms with van der Waals surface area (Å²) in [4.78, 5) is 4.20. The van der Waals surface area contributed by atoms with Gasteiger partial charge in [0, 0.05) is 6.04 Å². The van der Waals surface area contributed by atoms with Gasteiger partial charge < -0.3 is 5.73 Å². The van der Waals surface area contributed by atoms with Crippen molar-refractivity contribution in [2.24, 2.45) is 5.73 Å². The van der Waals surface area contributed by atoms with Crippen LogP contribution < -0.4 is 5.73 Å². The van der Waals surface area contributed by atoms with Crippen LogP contribution in [0.3, 0.4) is 0 Å². The lowest BCUT2D eigenvalue weighted by Crippen LogP contribution is -2.19. The number of aromatic nitrogens is 3. The Balaban J connectivity index is 2.16. The van der Waals surface area contributed by atoms with Gasteiger partial charge in [-0.1, -0.05) is 12.1 Å². The lowest BCUT2D eigenvalue weighted by atomic mass is 10.1. The average Bonchev–Trinajstić information content (AvgIpc) is 2.57. The van der Waals surface area contributed by atoms with E-state index in [9.17, 15) is 4.39 Å². The molecule has 90 valence electrons. The molecule has 1 aromatic carbocycles. The fraction of sp³-hybridized carbons (Fsp3) is 0.333. The molecule has 0 saturated heterocycles. The molecule has 0 radical (unpaired) electrons. The predicted octanol–water partition coefficient (Wildman–Crippen LogP) is 1.73. The molecule has 2 rings (SSSR count). The van der Waals surface area contributed by atoms with Crippen LogP contribution in [0.25, 0.3) is 0 Å². The number of hydrogen-bond donors (Lipinski definition) is 1. The summed E-state index contributed by atoms with van der Waals surface area (Å²) in [5, 5.41) is 4.23. The van der Waals surface area contributed by atoms with Crippen molar-refractivity contribution in [1.29, 1.82) is 0 Å². The third-order valence-corrected chi connectivity index (χ3v) is 2.61. The van der Waals surface area contributed by atoms with Crippen molar-refractivity contribution in [1.82, 2.24) is 14.8 Å². The minimum Gasteiger partial charge on any atom is -0.322 e. The second-order valence-electron chi connectivity index (χ2n) is 4.05. The highest BCUT2D eigenvalue weighted by atomic mass is 19.1. The van der Waals surface area contributed by atoms with Crippen LogP contribution >= 0.6 is 0 Å². The van der Waals surface area contributed by atoms with Crippen molar-refractivity contribution in [2.45, 2.75) is 26.4 Å². The first-order valence-electron chi connectivity index (χ1n) is 5.45. The van der Waals surface area contributed by atoms with Gasteiger partial charge in [-0.25, -0.2) is 14.1 Å². The topological polar surface area (TPSA) is 56.7 Å². The highest BCUT2D eigenvalue weighted by molar-refractivity contribution is 5.19. The number of nitrogens with two attached hydrogens (primary N) is 1. The largest absolute Gasteiger partial charge is 0.322 e. The third-order valence-electron chi connectivity index (χ3n) is 2.61. The van der Waals surface area contributed by atoms with Crippen LogP contribution in [0.5, 0.6) is 0 Å². The fourth-order valence-corrected chi connectivity index (χ4v) is 1.76. The number of nitrogens with zero attached hydrogens (tertiary/aromatic N) is 3. The minimum atomic E-state index is -0.287. The maximum atomic E-state index is 13.1. The summed E-state index contributed by atoms with van der Waals surface area (Å²) in [6.07, 6.45) is 0. The van der Waals surface area contributed by atoms with Crippen LogP contribution in [0, 0.1) is 19.7 Å². The van der Waals surface area contributed by atoms with Gasteiger partial charge >= 0.3 is 0 Å². The van der Waals surface area contributed by atoms with E-state index in [1.54, 1.807) is 10.7 Å². The fourth-order valence-electron chi connectivity index (χ4n) is 1.76. The van der Waals surface area contributed by atoms with Gasteiger partial charge in [-0.15, -0.1) is 0 Å². The van der Waals surface area contributed by atoms with E-state index in [4.69, 9.17) is 5.73 Å². The van der Waals surface area contributed by atoms with Crippen LogP contribution in [0.4, 0.5) is 4.39 Å². The molecule has 1 atom stereocenters. The summed E-state index contributed by atoms with van der Waals surface area (Å²) < 4.78 is 14.8. The van der Waals surface area contributed by atoms with E-state index in [0.717, 1.165) is 11.4 Å². The molecule has 2 N–H and O–H groups in total. The number of rotatable bonds is 3. The first-order valence-corrected chi connectivity index (χ1v) is 5.45. The third kappa shape index (κ3) is 2.68. The SMILES string of the molecule is Cc1nc(C)n(CC(N)c2cccc(F)c2)n1. The Morgan fingerprint density at radius 3 is 2.76 bits per heavy atom. The lowest BCUT2D eigenvalue weighted by Gasteiger charge is -2.12. The van der Waals surface area contributed by atoms with Crippen molar-refractivity contribution >= 4 is 0 Å². The van der Waals surface area contributed by atoms with Gasteiger partial charge in [0.25, 0.3) is 0 Å². The molecule has 1 heterocycles. The molecule has 0 amide bonds. The van der Waals surface area contributed by atoms with Crippen molar-refractivity contribution in [3.8, 4) is 0 Å². The van der Waals surface area contributed by atoms with Gasteiger partial charge in [-0.3, -0.25) is 0 Å². The molecule has 0 saturated carbocycles. The second kappa shape index (κ2) is 4.63. The Bertz CT molecular complexity index is 521. The molecule has 0 aliphatic heterocycles. The van der Waals surface area contributed by atoms with Crippen LogP contribution in [0.2, 0.25) is 0 Å². The summed E-state index contributed by atoms with van der Waals surface area (Å²) in [5.41, 5.74) is 6.78. The molecule has 1 unspecified atom stereocenters. The standard InChI is InChI=1S/C12H15FN4/c1-8-15-9(2)17(16-8)7-12(14)10-4-3-5-11(13)6-10/h3-6,12H,7,14H2,1-2H3. The van der Waals surface area contributed by atoms with Crippen molar-refractivity contribution < 1.29 is 4.39 Å². The Hall–Kier alpha value is -1.75. The molecular weight excluding hydrogens is 219 g/mol. The van der Waals surface area contributed by atoms with E-state index < -0.39 is 0 Å². The second-order valence-corrected chi connectivity index (χ2v) is 4.05. The van der Waals surface area contributed by atoms with Crippen molar-refractivity contribution in [3.05, 3.63) is 47.3 Å². The monoisotopic (exact) mass is 234 g/mol. The lowest BCUT2D eigenvalue weighted by molar-refractivity contribution is 0.510. The van der Waals surface area contributed by atoms with E-state index >= 15 is 0 Å². The summed E-state index contributed by atoms with van der Waals surface area (Å²) in [6.45, 7) is 4.20. The molecule has 0 aliphatic rings. The molecule has 0 bridgehead atoms. The molecule has 2 aromatic rings. The Kier molecular flexibility index (Phi) is 3.19. The van der Waals surface area contributed by atoms with E-state index in [1.165, 1.54) is 12.1 Å². The Morgan fingerprint density at radius 2 is 2.18 bits per heavy atom. The Labute approximate surface area is 99.3 Å². The van der Waals surface area contributed by atoms with Crippen LogP contribution in [-0.4, -0.2) is 14.8 Å². The smallest absolute Gasteiger partial charge is 0.147 e. The quantitative estimate of drug-likeness (QED) is 0.880. The number of aryl methyl sites for hydroxylation is 2. The molecular formula is C12H15FN4. The van der Waals surface area contributed by atoms with Gasteiger partial charge in [0.15, 0.2) is 0 Å². The Morgan fingerprint density at radius 1 is 1.41 bits per heavy atom. The molecule has 0 aliphatic carbocycles. The number of hydrogen-bond acceptors (Lipinski definition) is 3. The van der Waals surface area contributed by atoms with Crippen molar-refractivity contribution in [3.63, 3.8) is 0 Å². The summed E-state index contributed by atoms with van der Waals surface area (Å²) in [6, 6.07) is 6.03.